The second-order valence-electron chi connectivity index (χ2n) is 21.0. The molecule has 0 spiro atoms. The summed E-state index contributed by atoms with van der Waals surface area (Å²) in [5.41, 5.74) is 0. The van der Waals surface area contributed by atoms with Crippen molar-refractivity contribution in [1.29, 1.82) is 0 Å². The molecule has 0 aromatic heterocycles. The Kier molecular flexibility index (Phi) is 46.7. The van der Waals surface area contributed by atoms with Gasteiger partial charge in [-0.2, -0.15) is 0 Å². The SMILES string of the molecule is CCCCCCCC/C=C\CCCCCCCCC(O)C(=O)NC(COC1OC(CO)C(O)C(O)C1O)C(O)C(O)CCC/C=C/CC/C=C/CCCCCCCCCCCCCCCCCCCCC. The first kappa shape index (κ1) is 67.3. The van der Waals surface area contributed by atoms with Crippen molar-refractivity contribution in [2.45, 2.75) is 326 Å². The molecule has 0 bridgehead atoms. The average molecular weight is 1010 g/mol. The first-order valence-electron chi connectivity index (χ1n) is 29.9. The van der Waals surface area contributed by atoms with Crippen molar-refractivity contribution in [3.05, 3.63) is 36.5 Å². The normalized spacial score (nSPS) is 20.4. The zero-order valence-corrected chi connectivity index (χ0v) is 45.7. The van der Waals surface area contributed by atoms with Crippen LogP contribution in [0.25, 0.3) is 0 Å². The minimum atomic E-state index is -1.67. The standard InChI is InChI=1S/C60H113NO10/c1-3-5-7-9-11-13-15-17-19-21-22-23-24-25-26-27-28-29-30-31-32-34-35-37-39-41-43-45-47-52(63)55(65)51(50-70-60-58(68)57(67)56(66)54(49-62)71-60)61-59(69)53(64)48-46-44-42-40-38-36-33-20-18-16-14-12-10-8-6-4-2/h18,20,32,34,39,41,51-58,60,62-68H,3-17,19,21-31,33,35-38,40,42-50H2,1-2H3,(H,61,69)/b20-18-,34-32+,41-39+. The van der Waals surface area contributed by atoms with Gasteiger partial charge in [0.2, 0.25) is 5.91 Å². The maximum Gasteiger partial charge on any atom is 0.249 e. The number of hydrogen-bond acceptors (Lipinski definition) is 10. The Bertz CT molecular complexity index is 1250. The molecule has 11 heteroatoms. The third-order valence-corrected chi connectivity index (χ3v) is 14.4. The number of rotatable bonds is 51. The molecular formula is C60H113NO10. The minimum Gasteiger partial charge on any atom is -0.394 e. The van der Waals surface area contributed by atoms with Crippen LogP contribution in [0.4, 0.5) is 0 Å². The van der Waals surface area contributed by atoms with E-state index in [-0.39, 0.29) is 12.8 Å². The van der Waals surface area contributed by atoms with Gasteiger partial charge in [-0.05, 0) is 77.0 Å². The van der Waals surface area contributed by atoms with Crippen molar-refractivity contribution >= 4 is 5.91 Å². The second-order valence-corrected chi connectivity index (χ2v) is 21.0. The Balaban J connectivity index is 2.31. The van der Waals surface area contributed by atoms with Crippen LogP contribution in [-0.2, 0) is 14.3 Å². The van der Waals surface area contributed by atoms with E-state index in [0.717, 1.165) is 57.8 Å². The molecule has 1 rings (SSSR count). The van der Waals surface area contributed by atoms with Gasteiger partial charge in [-0.3, -0.25) is 4.79 Å². The fraction of sp³-hybridized carbons (Fsp3) is 0.883. The molecule has 71 heavy (non-hydrogen) atoms. The lowest BCUT2D eigenvalue weighted by molar-refractivity contribution is -0.303. The number of amides is 1. The van der Waals surface area contributed by atoms with Crippen molar-refractivity contribution < 1.29 is 50.0 Å². The van der Waals surface area contributed by atoms with Gasteiger partial charge in [0.1, 0.15) is 36.6 Å². The Hall–Kier alpha value is -1.67. The van der Waals surface area contributed by atoms with E-state index >= 15 is 0 Å². The topological polar surface area (TPSA) is 189 Å². The number of carbonyl (C=O) groups excluding carboxylic acids is 1. The molecule has 0 aromatic carbocycles. The van der Waals surface area contributed by atoms with Gasteiger partial charge in [-0.1, -0.05) is 230 Å². The highest BCUT2D eigenvalue weighted by atomic mass is 16.7. The third-order valence-electron chi connectivity index (χ3n) is 14.4. The second kappa shape index (κ2) is 49.2. The van der Waals surface area contributed by atoms with Crippen LogP contribution in [0.1, 0.15) is 271 Å². The van der Waals surface area contributed by atoms with E-state index in [2.05, 4.69) is 55.6 Å². The molecule has 1 aliphatic rings. The fourth-order valence-corrected chi connectivity index (χ4v) is 9.51. The summed E-state index contributed by atoms with van der Waals surface area (Å²) in [6, 6.07) is -1.19. The smallest absolute Gasteiger partial charge is 0.249 e. The maximum absolute atomic E-state index is 13.2. The van der Waals surface area contributed by atoms with Crippen LogP contribution in [0, 0.1) is 0 Å². The minimum absolute atomic E-state index is 0.244. The summed E-state index contributed by atoms with van der Waals surface area (Å²) in [6.45, 7) is 3.45. The number of allylic oxidation sites excluding steroid dienone is 6. The number of hydrogen-bond donors (Lipinski definition) is 8. The van der Waals surface area contributed by atoms with Crippen molar-refractivity contribution in [3.63, 3.8) is 0 Å². The van der Waals surface area contributed by atoms with Crippen molar-refractivity contribution in [2.75, 3.05) is 13.2 Å². The third kappa shape index (κ3) is 37.7. The molecule has 1 heterocycles. The quantitative estimate of drug-likeness (QED) is 0.0215. The lowest BCUT2D eigenvalue weighted by Gasteiger charge is -2.40. The monoisotopic (exact) mass is 1010 g/mol. The zero-order chi connectivity index (χ0) is 51.8. The van der Waals surface area contributed by atoms with Gasteiger partial charge >= 0.3 is 0 Å². The molecule has 1 fully saturated rings. The molecule has 9 unspecified atom stereocenters. The number of aliphatic hydroxyl groups is 7. The molecule has 1 amide bonds. The highest BCUT2D eigenvalue weighted by molar-refractivity contribution is 5.80. The molecule has 0 saturated carbocycles. The van der Waals surface area contributed by atoms with E-state index in [1.807, 2.05) is 0 Å². The van der Waals surface area contributed by atoms with E-state index in [4.69, 9.17) is 9.47 Å². The molecule has 9 atom stereocenters. The maximum atomic E-state index is 13.2. The van der Waals surface area contributed by atoms with E-state index in [1.54, 1.807) is 0 Å². The van der Waals surface area contributed by atoms with Crippen LogP contribution in [-0.4, -0.2) is 110 Å². The van der Waals surface area contributed by atoms with E-state index < -0.39 is 74.2 Å². The van der Waals surface area contributed by atoms with E-state index in [9.17, 15) is 40.5 Å². The number of aliphatic hydroxyl groups excluding tert-OH is 7. The highest BCUT2D eigenvalue weighted by Crippen LogP contribution is 2.23. The first-order valence-corrected chi connectivity index (χ1v) is 29.9. The fourth-order valence-electron chi connectivity index (χ4n) is 9.51. The van der Waals surface area contributed by atoms with Gasteiger partial charge < -0.3 is 50.5 Å². The van der Waals surface area contributed by atoms with Crippen molar-refractivity contribution in [3.8, 4) is 0 Å². The van der Waals surface area contributed by atoms with Crippen LogP contribution in [0.3, 0.4) is 0 Å². The molecule has 0 aromatic rings. The van der Waals surface area contributed by atoms with Crippen LogP contribution >= 0.6 is 0 Å². The number of ether oxygens (including phenoxy) is 2. The van der Waals surface area contributed by atoms with Crippen LogP contribution in [0.2, 0.25) is 0 Å². The van der Waals surface area contributed by atoms with Gasteiger partial charge in [0.25, 0.3) is 0 Å². The summed E-state index contributed by atoms with van der Waals surface area (Å²) in [5.74, 6) is -0.714. The highest BCUT2D eigenvalue weighted by Gasteiger charge is 2.44. The lowest BCUT2D eigenvalue weighted by atomic mass is 9.98. The summed E-state index contributed by atoms with van der Waals surface area (Å²) < 4.78 is 11.1. The van der Waals surface area contributed by atoms with Crippen molar-refractivity contribution in [2.24, 2.45) is 0 Å². The Morgan fingerprint density at radius 3 is 1.25 bits per heavy atom. The number of nitrogens with one attached hydrogen (secondary N) is 1. The van der Waals surface area contributed by atoms with Crippen LogP contribution in [0.5, 0.6) is 0 Å². The van der Waals surface area contributed by atoms with E-state index in [0.29, 0.717) is 19.3 Å². The molecular weight excluding hydrogens is 895 g/mol. The molecule has 0 radical (unpaired) electrons. The predicted octanol–water partition coefficient (Wildman–Crippen LogP) is 12.7. The lowest BCUT2D eigenvalue weighted by Crippen LogP contribution is -2.60. The molecule has 11 nitrogen and oxygen atoms in total. The van der Waals surface area contributed by atoms with Crippen LogP contribution in [0.15, 0.2) is 36.5 Å². The molecule has 0 aliphatic carbocycles. The van der Waals surface area contributed by atoms with Crippen LogP contribution < -0.4 is 5.32 Å². The molecule has 1 saturated heterocycles. The Labute approximate surface area is 435 Å². The summed E-state index contributed by atoms with van der Waals surface area (Å²) in [6.07, 6.45) is 49.3. The molecule has 8 N–H and O–H groups in total. The van der Waals surface area contributed by atoms with E-state index in [1.165, 1.54) is 167 Å². The summed E-state index contributed by atoms with van der Waals surface area (Å²) in [5, 5.41) is 76.1. The zero-order valence-electron chi connectivity index (χ0n) is 45.7. The first-order chi connectivity index (χ1) is 34.7. The Morgan fingerprint density at radius 2 is 0.845 bits per heavy atom. The number of carbonyl (C=O) groups is 1. The average Bonchev–Trinajstić information content (AvgIpc) is 3.37. The Morgan fingerprint density at radius 1 is 0.479 bits per heavy atom. The summed E-state index contributed by atoms with van der Waals surface area (Å²) in [4.78, 5) is 13.2. The largest absolute Gasteiger partial charge is 0.394 e. The predicted molar refractivity (Wildman–Crippen MR) is 293 cm³/mol. The van der Waals surface area contributed by atoms with Crippen molar-refractivity contribution in [1.82, 2.24) is 5.32 Å². The molecule has 418 valence electrons. The summed E-state index contributed by atoms with van der Waals surface area (Å²) in [7, 11) is 0. The van der Waals surface area contributed by atoms with Gasteiger partial charge in [0.15, 0.2) is 6.29 Å². The van der Waals surface area contributed by atoms with Gasteiger partial charge in [0, 0.05) is 0 Å². The van der Waals surface area contributed by atoms with Gasteiger partial charge in [-0.15, -0.1) is 0 Å². The van der Waals surface area contributed by atoms with Gasteiger partial charge in [-0.25, -0.2) is 0 Å². The molecule has 1 aliphatic heterocycles. The number of unbranched alkanes of at least 4 members (excludes halogenated alkanes) is 33. The van der Waals surface area contributed by atoms with Gasteiger partial charge in [0.05, 0.1) is 25.4 Å². The summed E-state index contributed by atoms with van der Waals surface area (Å²) >= 11 is 0.